The maximum Gasteiger partial charge on any atom is 0.322 e. The van der Waals surface area contributed by atoms with Crippen molar-refractivity contribution in [3.8, 4) is 11.5 Å². The summed E-state index contributed by atoms with van der Waals surface area (Å²) in [5.74, 6) is -0.231. The Morgan fingerprint density at radius 2 is 1.62 bits per heavy atom. The molecule has 0 saturated heterocycles. The molecule has 2 amide bonds. The summed E-state index contributed by atoms with van der Waals surface area (Å²) in [6, 6.07) is 15.7. The van der Waals surface area contributed by atoms with Gasteiger partial charge in [-0.15, -0.1) is 5.10 Å². The summed E-state index contributed by atoms with van der Waals surface area (Å²) in [5, 5.41) is 12.9. The van der Waals surface area contributed by atoms with Crippen LogP contribution in [-0.2, 0) is 4.79 Å². The molecule has 0 aliphatic rings. The first kappa shape index (κ1) is 15.4. The van der Waals surface area contributed by atoms with Crippen LogP contribution in [0.3, 0.4) is 0 Å². The second-order valence-corrected chi connectivity index (χ2v) is 4.99. The molecule has 0 fully saturated rings. The molecule has 0 aliphatic heterocycles. The van der Waals surface area contributed by atoms with Crippen LogP contribution in [0.15, 0.2) is 59.0 Å². The number of carbonyl (C=O) groups excluding carboxylic acids is 2. The quantitative estimate of drug-likeness (QED) is 0.769. The number of anilines is 2. The summed E-state index contributed by atoms with van der Waals surface area (Å²) in [5.41, 5.74) is 1.79. The molecule has 0 unspecified atom stereocenters. The number of hydrogen-bond acceptors (Lipinski definition) is 5. The lowest BCUT2D eigenvalue weighted by atomic mass is 10.2. The Hall–Kier alpha value is -3.48. The zero-order valence-corrected chi connectivity index (χ0v) is 12.8. The van der Waals surface area contributed by atoms with Crippen LogP contribution >= 0.6 is 0 Å². The van der Waals surface area contributed by atoms with Gasteiger partial charge >= 0.3 is 6.01 Å². The van der Waals surface area contributed by atoms with Crippen molar-refractivity contribution in [3.05, 3.63) is 60.2 Å². The van der Waals surface area contributed by atoms with Gasteiger partial charge < -0.3 is 9.73 Å². The van der Waals surface area contributed by atoms with Crippen LogP contribution in [0.2, 0.25) is 0 Å². The molecule has 7 heteroatoms. The fourth-order valence-electron chi connectivity index (χ4n) is 2.05. The molecule has 2 N–H and O–H groups in total. The second kappa shape index (κ2) is 6.74. The Balaban J connectivity index is 1.69. The van der Waals surface area contributed by atoms with Crippen LogP contribution < -0.4 is 10.6 Å². The maximum atomic E-state index is 12.2. The molecule has 0 spiro atoms. The van der Waals surface area contributed by atoms with Gasteiger partial charge in [0.2, 0.25) is 11.8 Å². The number of benzene rings is 2. The Bertz CT molecular complexity index is 857. The summed E-state index contributed by atoms with van der Waals surface area (Å²) >= 11 is 0. The van der Waals surface area contributed by atoms with E-state index < -0.39 is 0 Å². The molecule has 2 aromatic carbocycles. The van der Waals surface area contributed by atoms with Gasteiger partial charge in [0.25, 0.3) is 5.91 Å². The number of aromatic nitrogens is 2. The SMILES string of the molecule is CC(=O)Nc1ccc(C(=O)Nc2nnc(-c3ccccc3)o2)cc1. The monoisotopic (exact) mass is 322 g/mol. The fraction of sp³-hybridized carbons (Fsp3) is 0.0588. The molecule has 0 atom stereocenters. The van der Waals surface area contributed by atoms with Crippen molar-refractivity contribution in [2.45, 2.75) is 6.92 Å². The smallest absolute Gasteiger partial charge is 0.322 e. The number of carbonyl (C=O) groups is 2. The average molecular weight is 322 g/mol. The molecule has 0 radical (unpaired) electrons. The summed E-state index contributed by atoms with van der Waals surface area (Å²) in [4.78, 5) is 23.1. The minimum Gasteiger partial charge on any atom is -0.403 e. The van der Waals surface area contributed by atoms with Gasteiger partial charge in [0.15, 0.2) is 0 Å². The van der Waals surface area contributed by atoms with Crippen LogP contribution in [0.25, 0.3) is 11.5 Å². The number of nitrogens with zero attached hydrogens (tertiary/aromatic N) is 2. The largest absolute Gasteiger partial charge is 0.403 e. The number of amides is 2. The van der Waals surface area contributed by atoms with E-state index in [1.54, 1.807) is 24.3 Å². The zero-order chi connectivity index (χ0) is 16.9. The van der Waals surface area contributed by atoms with Crippen molar-refractivity contribution in [2.24, 2.45) is 0 Å². The average Bonchev–Trinajstić information content (AvgIpc) is 3.04. The van der Waals surface area contributed by atoms with Crippen molar-refractivity contribution in [1.82, 2.24) is 10.2 Å². The molecule has 24 heavy (non-hydrogen) atoms. The van der Waals surface area contributed by atoms with Gasteiger partial charge in [0.05, 0.1) is 0 Å². The van der Waals surface area contributed by atoms with Crippen LogP contribution in [0.1, 0.15) is 17.3 Å². The number of hydrogen-bond donors (Lipinski definition) is 2. The van der Waals surface area contributed by atoms with Crippen LogP contribution in [0.4, 0.5) is 11.7 Å². The Labute approximate surface area is 137 Å². The van der Waals surface area contributed by atoms with E-state index in [-0.39, 0.29) is 17.8 Å². The highest BCUT2D eigenvalue weighted by atomic mass is 16.4. The number of rotatable bonds is 4. The second-order valence-electron chi connectivity index (χ2n) is 4.99. The highest BCUT2D eigenvalue weighted by Gasteiger charge is 2.12. The lowest BCUT2D eigenvalue weighted by Gasteiger charge is -2.04. The molecule has 3 rings (SSSR count). The van der Waals surface area contributed by atoms with Gasteiger partial charge in [-0.2, -0.15) is 0 Å². The van der Waals surface area contributed by atoms with E-state index in [4.69, 9.17) is 4.42 Å². The Morgan fingerprint density at radius 1 is 0.917 bits per heavy atom. The lowest BCUT2D eigenvalue weighted by molar-refractivity contribution is -0.114. The zero-order valence-electron chi connectivity index (χ0n) is 12.8. The first-order valence-electron chi connectivity index (χ1n) is 7.20. The lowest BCUT2D eigenvalue weighted by Crippen LogP contribution is -2.12. The third-order valence-corrected chi connectivity index (χ3v) is 3.13. The summed E-state index contributed by atoms with van der Waals surface area (Å²) in [6.45, 7) is 1.42. The predicted octanol–water partition coefficient (Wildman–Crippen LogP) is 2.95. The van der Waals surface area contributed by atoms with Gasteiger partial charge in [0.1, 0.15) is 0 Å². The van der Waals surface area contributed by atoms with E-state index in [2.05, 4.69) is 20.8 Å². The molecule has 0 bridgehead atoms. The van der Waals surface area contributed by atoms with Crippen molar-refractivity contribution < 1.29 is 14.0 Å². The highest BCUT2D eigenvalue weighted by Crippen LogP contribution is 2.19. The van der Waals surface area contributed by atoms with Crippen LogP contribution in [0, 0.1) is 0 Å². The fourth-order valence-corrected chi connectivity index (χ4v) is 2.05. The van der Waals surface area contributed by atoms with Crippen molar-refractivity contribution in [3.63, 3.8) is 0 Å². The minimum absolute atomic E-state index is 0.0183. The van der Waals surface area contributed by atoms with Gasteiger partial charge in [-0.1, -0.05) is 23.3 Å². The van der Waals surface area contributed by atoms with Crippen LogP contribution in [-0.4, -0.2) is 22.0 Å². The molecule has 7 nitrogen and oxygen atoms in total. The van der Waals surface area contributed by atoms with E-state index in [1.807, 2.05) is 30.3 Å². The standard InChI is InChI=1S/C17H14N4O3/c1-11(22)18-14-9-7-12(8-10-14)15(23)19-17-21-20-16(24-17)13-5-3-2-4-6-13/h2-10H,1H3,(H,18,22)(H,19,21,23). The first-order chi connectivity index (χ1) is 11.6. The van der Waals surface area contributed by atoms with Crippen LogP contribution in [0.5, 0.6) is 0 Å². The Morgan fingerprint density at radius 3 is 2.29 bits per heavy atom. The van der Waals surface area contributed by atoms with E-state index in [0.717, 1.165) is 5.56 Å². The predicted molar refractivity (Wildman–Crippen MR) is 88.4 cm³/mol. The highest BCUT2D eigenvalue weighted by molar-refractivity contribution is 6.03. The van der Waals surface area contributed by atoms with Gasteiger partial charge in [-0.3, -0.25) is 14.9 Å². The van der Waals surface area contributed by atoms with Gasteiger partial charge in [0, 0.05) is 23.7 Å². The molecular formula is C17H14N4O3. The van der Waals surface area contributed by atoms with Gasteiger partial charge in [-0.05, 0) is 36.4 Å². The van der Waals surface area contributed by atoms with Gasteiger partial charge in [-0.25, -0.2) is 0 Å². The molecule has 1 aromatic heterocycles. The van der Waals surface area contributed by atoms with E-state index in [1.165, 1.54) is 6.92 Å². The maximum absolute atomic E-state index is 12.2. The minimum atomic E-state index is -0.382. The molecular weight excluding hydrogens is 308 g/mol. The van der Waals surface area contributed by atoms with E-state index in [0.29, 0.717) is 17.1 Å². The molecule has 0 saturated carbocycles. The first-order valence-corrected chi connectivity index (χ1v) is 7.20. The van der Waals surface area contributed by atoms with E-state index in [9.17, 15) is 9.59 Å². The third-order valence-electron chi connectivity index (χ3n) is 3.13. The summed E-state index contributed by atoms with van der Waals surface area (Å²) in [6.07, 6.45) is 0. The summed E-state index contributed by atoms with van der Waals surface area (Å²) < 4.78 is 5.43. The molecule has 120 valence electrons. The topological polar surface area (TPSA) is 97.1 Å². The number of nitrogens with one attached hydrogen (secondary N) is 2. The van der Waals surface area contributed by atoms with Crippen molar-refractivity contribution >= 4 is 23.5 Å². The Kier molecular flexibility index (Phi) is 4.33. The molecule has 0 aliphatic carbocycles. The summed E-state index contributed by atoms with van der Waals surface area (Å²) in [7, 11) is 0. The molecule has 3 aromatic rings. The normalized spacial score (nSPS) is 10.2. The molecule has 1 heterocycles. The van der Waals surface area contributed by atoms with E-state index >= 15 is 0 Å². The third kappa shape index (κ3) is 3.64. The van der Waals surface area contributed by atoms with Crippen molar-refractivity contribution in [2.75, 3.05) is 10.6 Å². The van der Waals surface area contributed by atoms with Crippen molar-refractivity contribution in [1.29, 1.82) is 0 Å².